The fraction of sp³-hybridized carbons (Fsp3) is 0.704. The number of thiophene rings is 8. The molecule has 2 atom stereocenters. The van der Waals surface area contributed by atoms with Crippen LogP contribution in [0.4, 0.5) is 0 Å². The highest BCUT2D eigenvalue weighted by Gasteiger charge is 2.50. The zero-order valence-electron chi connectivity index (χ0n) is 77.4. The quantitative estimate of drug-likeness (QED) is 0.0357. The minimum absolute atomic E-state index is 0.0677. The fourth-order valence-corrected chi connectivity index (χ4v) is 30.0. The van der Waals surface area contributed by atoms with Crippen LogP contribution in [0, 0.1) is 25.7 Å². The first kappa shape index (κ1) is 99.0. The van der Waals surface area contributed by atoms with Gasteiger partial charge in [-0.2, -0.15) is 0 Å². The Bertz CT molecular complexity index is 4200. The van der Waals surface area contributed by atoms with Gasteiger partial charge in [-0.25, -0.2) is 0 Å². The summed E-state index contributed by atoms with van der Waals surface area (Å²) in [6, 6.07) is 18.8. The van der Waals surface area contributed by atoms with Gasteiger partial charge in [-0.15, -0.1) is 90.7 Å². The molecule has 2 amide bonds. The first-order valence-electron chi connectivity index (χ1n) is 51.0. The zero-order chi connectivity index (χ0) is 84.1. The summed E-state index contributed by atoms with van der Waals surface area (Å²) in [5.41, 5.74) is 6.41. The molecule has 120 heavy (non-hydrogen) atoms. The molecule has 4 nitrogen and oxygen atoms in total. The smallest absolute Gasteiger partial charge is 0.261 e. The summed E-state index contributed by atoms with van der Waals surface area (Å²) in [4.78, 5) is 50.4. The number of unbranched alkanes of at least 4 members (excludes halogenated alkanes) is 52. The molecule has 0 aromatic carbocycles. The van der Waals surface area contributed by atoms with Crippen molar-refractivity contribution in [2.24, 2.45) is 11.8 Å². The number of aryl methyl sites for hydroxylation is 4. The summed E-state index contributed by atoms with van der Waals surface area (Å²) in [7, 11) is 0. The summed E-state index contributed by atoms with van der Waals surface area (Å²) in [6.45, 7) is 19.8. The van der Waals surface area contributed by atoms with Crippen molar-refractivity contribution in [3.63, 3.8) is 0 Å². The van der Waals surface area contributed by atoms with Crippen LogP contribution in [0.15, 0.2) is 59.7 Å². The molecule has 0 N–H and O–H groups in total. The molecule has 0 saturated heterocycles. The molecule has 8 aromatic heterocycles. The number of carbonyl (C=O) groups is 2. The molecule has 2 aliphatic rings. The fourth-order valence-electron chi connectivity index (χ4n) is 19.5. The first-order chi connectivity index (χ1) is 59.1. The highest BCUT2D eigenvalue weighted by atomic mass is 32.1. The van der Waals surface area contributed by atoms with Gasteiger partial charge in [-0.05, 0) is 137 Å². The summed E-state index contributed by atoms with van der Waals surface area (Å²) >= 11 is 16.1. The van der Waals surface area contributed by atoms with Crippen LogP contribution < -0.4 is 0 Å². The lowest BCUT2D eigenvalue weighted by Crippen LogP contribution is -2.34. The number of amides is 2. The Kier molecular flexibility index (Phi) is 47.5. The maximum atomic E-state index is 16.4. The molecule has 2 aliphatic heterocycles. The van der Waals surface area contributed by atoms with E-state index in [4.69, 9.17) is 0 Å². The summed E-state index contributed by atoms with van der Waals surface area (Å²) in [5.74, 6) is 0.894. The van der Waals surface area contributed by atoms with E-state index >= 15 is 9.59 Å². The molecule has 10 heterocycles. The summed E-state index contributed by atoms with van der Waals surface area (Å²) in [5, 5.41) is 0. The van der Waals surface area contributed by atoms with Crippen molar-refractivity contribution in [3.8, 4) is 29.3 Å². The average Bonchev–Trinajstić information content (AvgIpc) is 1.56. The van der Waals surface area contributed by atoms with Crippen molar-refractivity contribution < 1.29 is 9.59 Å². The number of rotatable bonds is 73. The van der Waals surface area contributed by atoms with Gasteiger partial charge in [0, 0.05) is 52.1 Å². The molecule has 10 rings (SSSR count). The first-order valence-corrected chi connectivity index (χ1v) is 57.5. The molecular formula is C108H166N2O2S8. The Morgan fingerprint density at radius 1 is 0.233 bits per heavy atom. The van der Waals surface area contributed by atoms with Crippen molar-refractivity contribution >= 4 is 142 Å². The van der Waals surface area contributed by atoms with E-state index in [0.717, 1.165) is 53.3 Å². The van der Waals surface area contributed by atoms with Gasteiger partial charge >= 0.3 is 0 Å². The van der Waals surface area contributed by atoms with Gasteiger partial charge in [0.1, 0.15) is 0 Å². The van der Waals surface area contributed by atoms with E-state index in [9.17, 15) is 0 Å². The van der Waals surface area contributed by atoms with Gasteiger partial charge in [0.15, 0.2) is 0 Å². The van der Waals surface area contributed by atoms with Gasteiger partial charge < -0.3 is 9.80 Å². The second-order valence-electron chi connectivity index (χ2n) is 37.2. The third-order valence-corrected chi connectivity index (χ3v) is 37.2. The van der Waals surface area contributed by atoms with Crippen molar-refractivity contribution in [3.05, 3.63) is 90.3 Å². The topological polar surface area (TPSA) is 40.6 Å². The molecule has 668 valence electrons. The van der Waals surface area contributed by atoms with E-state index < -0.39 is 0 Å². The van der Waals surface area contributed by atoms with Crippen molar-refractivity contribution in [1.82, 2.24) is 9.80 Å². The van der Waals surface area contributed by atoms with Gasteiger partial charge in [0.2, 0.25) is 0 Å². The normalized spacial score (nSPS) is 13.9. The second-order valence-corrected chi connectivity index (χ2v) is 46.0. The van der Waals surface area contributed by atoms with E-state index in [1.54, 1.807) is 46.1 Å². The summed E-state index contributed by atoms with van der Waals surface area (Å²) in [6.07, 6.45) is 84.7. The highest BCUT2D eigenvalue weighted by molar-refractivity contribution is 7.46. The van der Waals surface area contributed by atoms with Crippen LogP contribution in [0.25, 0.3) is 68.9 Å². The molecule has 0 fully saturated rings. The SMILES string of the molecule is CCCCCCCCCCCCCCCCCc1c(-c2ccc(C)s2)sc2c1sc1c3sc(-c4ccc(-c5ccc(C6=C7C(=O)N(CC(CCCCCCCC)CCCCCCCCCC)C(c8ccc(C)s8)=C7C(=O)N6CC(CCCCCCCC)CCCCCCCCCC)s5)s4)c(CCCCCCCCCCCCCCCCC)c3sc21. The lowest BCUT2D eigenvalue weighted by molar-refractivity contribution is -0.124. The van der Waals surface area contributed by atoms with E-state index in [-0.39, 0.29) is 11.8 Å². The zero-order valence-corrected chi connectivity index (χ0v) is 84.0. The predicted molar refractivity (Wildman–Crippen MR) is 546 cm³/mol. The standard InChI is InChI=1S/C108H166N2O2S8/c1-9-15-21-27-33-37-39-41-43-45-47-49-53-59-65-71-87-99(93-76-74-84(8)114-93)117-103-101(87)119-106-104-102(120-105(103)106)88(72-66-60-54-50-48-46-44-42-40-38-34-28-22-16-10-2)100(118-104)94-80-78-90(116-94)89-77-79-92(115-89)98-96-95(107(111)110(98)82-86(68-62-56-32-26-20-14-6)70-64-58-52-36-30-24-18-12-4)97(91-75-73-83(7)113-91)109(108(96)112)81-85(67-61-55-31-25-19-13-5)69-63-57-51-35-29-23-17-11-3/h73-80,85-86H,9-72,81-82H2,1-8H3. The molecule has 0 bridgehead atoms. The molecule has 0 saturated carbocycles. The minimum atomic E-state index is 0.0677. The Morgan fingerprint density at radius 3 is 0.750 bits per heavy atom. The maximum absolute atomic E-state index is 16.4. The number of carbonyl (C=O) groups excluding carboxylic acids is 2. The molecule has 0 radical (unpaired) electrons. The lowest BCUT2D eigenvalue weighted by Gasteiger charge is -2.29. The molecule has 12 heteroatoms. The van der Waals surface area contributed by atoms with E-state index in [1.807, 2.05) is 34.0 Å². The monoisotopic (exact) mass is 1780 g/mol. The van der Waals surface area contributed by atoms with Crippen LogP contribution in [-0.4, -0.2) is 34.7 Å². The molecule has 0 spiro atoms. The maximum Gasteiger partial charge on any atom is 0.261 e. The van der Waals surface area contributed by atoms with E-state index in [2.05, 4.69) is 159 Å². The highest BCUT2D eigenvalue weighted by Crippen LogP contribution is 2.58. The molecular weight excluding hydrogens is 1610 g/mol. The Labute approximate surface area is 765 Å². The third-order valence-electron chi connectivity index (χ3n) is 26.8. The lowest BCUT2D eigenvalue weighted by atomic mass is 9.93. The predicted octanol–water partition coefficient (Wildman–Crippen LogP) is 39.7. The largest absolute Gasteiger partial charge is 0.306 e. The van der Waals surface area contributed by atoms with Gasteiger partial charge in [-0.1, -0.05) is 401 Å². The van der Waals surface area contributed by atoms with Gasteiger partial charge in [-0.3, -0.25) is 9.59 Å². The van der Waals surface area contributed by atoms with Crippen molar-refractivity contribution in [1.29, 1.82) is 0 Å². The van der Waals surface area contributed by atoms with E-state index in [0.29, 0.717) is 36.1 Å². The Balaban J connectivity index is 0.952. The van der Waals surface area contributed by atoms with Gasteiger partial charge in [0.05, 0.1) is 60.5 Å². The molecule has 2 unspecified atom stereocenters. The number of hydrogen-bond acceptors (Lipinski definition) is 10. The number of nitrogens with zero attached hydrogens (tertiary/aromatic N) is 2. The van der Waals surface area contributed by atoms with Crippen LogP contribution >= 0.6 is 90.7 Å². The van der Waals surface area contributed by atoms with Crippen LogP contribution in [-0.2, 0) is 22.4 Å². The van der Waals surface area contributed by atoms with E-state index in [1.165, 1.54) is 422 Å². The number of fused-ring (bicyclic) bond motifs is 6. The minimum Gasteiger partial charge on any atom is -0.306 e. The van der Waals surface area contributed by atoms with Crippen molar-refractivity contribution in [2.45, 2.75) is 466 Å². The molecule has 0 aliphatic carbocycles. The average molecular weight is 1780 g/mol. The number of hydrogen-bond donors (Lipinski definition) is 0. The Morgan fingerprint density at radius 2 is 0.458 bits per heavy atom. The van der Waals surface area contributed by atoms with Gasteiger partial charge in [0.25, 0.3) is 11.8 Å². The molecule has 8 aromatic rings. The van der Waals surface area contributed by atoms with Crippen molar-refractivity contribution in [2.75, 3.05) is 13.1 Å². The third kappa shape index (κ3) is 31.1. The van der Waals surface area contributed by atoms with Crippen LogP contribution in [0.3, 0.4) is 0 Å². The van der Waals surface area contributed by atoms with Crippen LogP contribution in [0.5, 0.6) is 0 Å². The van der Waals surface area contributed by atoms with Crippen LogP contribution in [0.2, 0.25) is 0 Å². The second kappa shape index (κ2) is 57.6. The Hall–Kier alpha value is -3.20. The van der Waals surface area contributed by atoms with Crippen LogP contribution in [0.1, 0.15) is 470 Å². The summed E-state index contributed by atoms with van der Waals surface area (Å²) < 4.78 is 9.29.